The summed E-state index contributed by atoms with van der Waals surface area (Å²) in [5, 5.41) is 0. The second-order valence-corrected chi connectivity index (χ2v) is 18.2. The lowest BCUT2D eigenvalue weighted by Crippen LogP contribution is -2.17. The van der Waals surface area contributed by atoms with Gasteiger partial charge in [0.1, 0.15) is 6.10 Å². The molecule has 0 bridgehead atoms. The molecule has 0 spiro atoms. The van der Waals surface area contributed by atoms with Crippen molar-refractivity contribution in [1.82, 2.24) is 0 Å². The molecule has 0 saturated carbocycles. The zero-order valence-electron chi connectivity index (χ0n) is 40.1. The Bertz CT molecular complexity index is 912. The van der Waals surface area contributed by atoms with E-state index in [0.29, 0.717) is 19.3 Å². The molecule has 0 fully saturated rings. The van der Waals surface area contributed by atoms with Gasteiger partial charge < -0.3 is 9.47 Å². The van der Waals surface area contributed by atoms with Crippen molar-refractivity contribution in [2.75, 3.05) is 0 Å². The van der Waals surface area contributed by atoms with Gasteiger partial charge in [0.05, 0.1) is 0 Å². The molecular weight excluding hydrogens is 729 g/mol. The van der Waals surface area contributed by atoms with E-state index in [1.54, 1.807) is 0 Å². The van der Waals surface area contributed by atoms with E-state index in [9.17, 15) is 14.4 Å². The van der Waals surface area contributed by atoms with Gasteiger partial charge in [-0.2, -0.15) is 0 Å². The van der Waals surface area contributed by atoms with Gasteiger partial charge in [-0.05, 0) is 44.9 Å². The highest BCUT2D eigenvalue weighted by Crippen LogP contribution is 2.18. The fourth-order valence-electron chi connectivity index (χ4n) is 8.21. The lowest BCUT2D eigenvalue weighted by molar-refractivity contribution is -0.160. The van der Waals surface area contributed by atoms with Crippen LogP contribution in [0.15, 0.2) is 12.2 Å². The number of hydrogen-bond acceptors (Lipinski definition) is 5. The predicted octanol–water partition coefficient (Wildman–Crippen LogP) is 18.1. The SMILES string of the molecule is CCCCCCCCCCCCCCCCCC(=O)OC(=O)CCCCCCC/C=C\C[C@@H](CCCCCC)OC(=O)CCCCCCCCCCCCCCCCC. The van der Waals surface area contributed by atoms with Gasteiger partial charge in [-0.1, -0.05) is 251 Å². The summed E-state index contributed by atoms with van der Waals surface area (Å²) in [5.74, 6) is -0.727. The van der Waals surface area contributed by atoms with Crippen LogP contribution in [0.1, 0.15) is 310 Å². The number of hydrogen-bond donors (Lipinski definition) is 0. The number of allylic oxidation sites excluding steroid dienone is 1. The van der Waals surface area contributed by atoms with E-state index in [0.717, 1.165) is 83.5 Å². The van der Waals surface area contributed by atoms with Gasteiger partial charge >= 0.3 is 17.9 Å². The van der Waals surface area contributed by atoms with Gasteiger partial charge in [0, 0.05) is 25.7 Å². The lowest BCUT2D eigenvalue weighted by Gasteiger charge is -2.16. The molecule has 1 atom stereocenters. The van der Waals surface area contributed by atoms with E-state index in [1.807, 2.05) is 0 Å². The Balaban J connectivity index is 3.82. The first-order valence-corrected chi connectivity index (χ1v) is 26.6. The minimum atomic E-state index is -0.362. The van der Waals surface area contributed by atoms with Gasteiger partial charge in [0.15, 0.2) is 0 Å². The standard InChI is InChI=1S/C54H102O5/c1-4-7-10-13-15-17-19-21-23-25-27-29-34-38-43-48-52(55)58-51(46-41-12-9-6-3)47-42-37-33-31-32-36-40-45-50-54(57)59-53(56)49-44-39-35-30-28-26-24-22-20-18-16-14-11-8-5-2/h37,42,51H,4-36,38-41,43-50H2,1-3H3/b42-37-/t51-/m1/s1. The Morgan fingerprint density at radius 1 is 0.339 bits per heavy atom. The molecule has 0 aromatic carbocycles. The molecule has 0 heterocycles. The molecule has 0 amide bonds. The molecule has 0 unspecified atom stereocenters. The molecule has 0 aliphatic heterocycles. The van der Waals surface area contributed by atoms with E-state index >= 15 is 0 Å². The molecule has 0 saturated heterocycles. The summed E-state index contributed by atoms with van der Waals surface area (Å²) in [5.41, 5.74) is 0. The van der Waals surface area contributed by atoms with E-state index in [-0.39, 0.29) is 24.0 Å². The molecule has 348 valence electrons. The second-order valence-electron chi connectivity index (χ2n) is 18.2. The monoisotopic (exact) mass is 831 g/mol. The third-order valence-electron chi connectivity index (χ3n) is 12.2. The van der Waals surface area contributed by atoms with Gasteiger partial charge in [-0.25, -0.2) is 0 Å². The molecule has 0 rings (SSSR count). The molecular formula is C54H102O5. The van der Waals surface area contributed by atoms with E-state index in [4.69, 9.17) is 9.47 Å². The Labute approximate surface area is 368 Å². The summed E-state index contributed by atoms with van der Waals surface area (Å²) >= 11 is 0. The van der Waals surface area contributed by atoms with Gasteiger partial charge in [-0.15, -0.1) is 0 Å². The number of carbonyl (C=O) groups excluding carboxylic acids is 3. The van der Waals surface area contributed by atoms with Crippen molar-refractivity contribution in [3.05, 3.63) is 12.2 Å². The van der Waals surface area contributed by atoms with Crippen LogP contribution < -0.4 is 0 Å². The van der Waals surface area contributed by atoms with Crippen LogP contribution in [0, 0.1) is 0 Å². The topological polar surface area (TPSA) is 69.7 Å². The van der Waals surface area contributed by atoms with E-state index in [2.05, 4.69) is 32.9 Å². The summed E-state index contributed by atoms with van der Waals surface area (Å²) in [4.78, 5) is 36.9. The molecule has 5 nitrogen and oxygen atoms in total. The summed E-state index contributed by atoms with van der Waals surface area (Å²) in [7, 11) is 0. The van der Waals surface area contributed by atoms with Crippen LogP contribution in [0.25, 0.3) is 0 Å². The van der Waals surface area contributed by atoms with Gasteiger partial charge in [0.25, 0.3) is 0 Å². The number of rotatable bonds is 48. The first-order chi connectivity index (χ1) is 29.0. The number of carbonyl (C=O) groups is 3. The Morgan fingerprint density at radius 3 is 0.983 bits per heavy atom. The summed E-state index contributed by atoms with van der Waals surface area (Å²) < 4.78 is 11.0. The van der Waals surface area contributed by atoms with Crippen molar-refractivity contribution in [2.45, 2.75) is 316 Å². The number of esters is 3. The Hall–Kier alpha value is -1.65. The van der Waals surface area contributed by atoms with Crippen LogP contribution in [0.5, 0.6) is 0 Å². The lowest BCUT2D eigenvalue weighted by atomic mass is 10.0. The molecule has 0 radical (unpaired) electrons. The maximum absolute atomic E-state index is 12.7. The normalized spacial score (nSPS) is 12.1. The second kappa shape index (κ2) is 49.0. The summed E-state index contributed by atoms with van der Waals surface area (Å²) in [6.45, 7) is 6.79. The molecule has 0 aliphatic carbocycles. The van der Waals surface area contributed by atoms with Crippen molar-refractivity contribution in [3.63, 3.8) is 0 Å². The van der Waals surface area contributed by atoms with Crippen molar-refractivity contribution in [1.29, 1.82) is 0 Å². The fraction of sp³-hybridized carbons (Fsp3) is 0.907. The van der Waals surface area contributed by atoms with E-state index < -0.39 is 0 Å². The van der Waals surface area contributed by atoms with Crippen molar-refractivity contribution >= 4 is 17.9 Å². The maximum Gasteiger partial charge on any atom is 0.313 e. The minimum absolute atomic E-state index is 0.00245. The van der Waals surface area contributed by atoms with Crippen LogP contribution in [-0.4, -0.2) is 24.0 Å². The average Bonchev–Trinajstić information content (AvgIpc) is 3.22. The Morgan fingerprint density at radius 2 is 0.627 bits per heavy atom. The maximum atomic E-state index is 12.7. The largest absolute Gasteiger partial charge is 0.462 e. The first-order valence-electron chi connectivity index (χ1n) is 26.6. The highest BCUT2D eigenvalue weighted by atomic mass is 16.6. The number of ether oxygens (including phenoxy) is 2. The highest BCUT2D eigenvalue weighted by Gasteiger charge is 2.13. The third-order valence-corrected chi connectivity index (χ3v) is 12.2. The number of unbranched alkanes of at least 4 members (excludes halogenated alkanes) is 36. The minimum Gasteiger partial charge on any atom is -0.462 e. The van der Waals surface area contributed by atoms with Crippen LogP contribution in [0.4, 0.5) is 0 Å². The molecule has 0 aliphatic rings. The fourth-order valence-corrected chi connectivity index (χ4v) is 8.21. The van der Waals surface area contributed by atoms with E-state index in [1.165, 1.54) is 186 Å². The van der Waals surface area contributed by atoms with Crippen molar-refractivity contribution in [2.24, 2.45) is 0 Å². The van der Waals surface area contributed by atoms with Gasteiger partial charge in [0.2, 0.25) is 0 Å². The molecule has 0 aromatic rings. The van der Waals surface area contributed by atoms with Gasteiger partial charge in [-0.3, -0.25) is 14.4 Å². The molecule has 0 aromatic heterocycles. The highest BCUT2D eigenvalue weighted by molar-refractivity contribution is 5.85. The van der Waals surface area contributed by atoms with Crippen LogP contribution >= 0.6 is 0 Å². The van der Waals surface area contributed by atoms with Crippen molar-refractivity contribution < 1.29 is 23.9 Å². The van der Waals surface area contributed by atoms with Crippen molar-refractivity contribution in [3.8, 4) is 0 Å². The van der Waals surface area contributed by atoms with Crippen LogP contribution in [0.2, 0.25) is 0 Å². The quantitative estimate of drug-likeness (QED) is 0.0264. The molecule has 0 N–H and O–H groups in total. The molecule has 59 heavy (non-hydrogen) atoms. The summed E-state index contributed by atoms with van der Waals surface area (Å²) in [6.07, 6.45) is 57.8. The predicted molar refractivity (Wildman–Crippen MR) is 255 cm³/mol. The van der Waals surface area contributed by atoms with Crippen LogP contribution in [0.3, 0.4) is 0 Å². The smallest absolute Gasteiger partial charge is 0.313 e. The zero-order chi connectivity index (χ0) is 43.0. The van der Waals surface area contributed by atoms with Crippen LogP contribution in [-0.2, 0) is 23.9 Å². The third kappa shape index (κ3) is 47.3. The average molecular weight is 831 g/mol. The zero-order valence-corrected chi connectivity index (χ0v) is 40.1. The summed E-state index contributed by atoms with van der Waals surface area (Å²) in [6, 6.07) is 0. The Kier molecular flexibility index (Phi) is 47.6. The molecule has 5 heteroatoms. The first kappa shape index (κ1) is 57.3.